The summed E-state index contributed by atoms with van der Waals surface area (Å²) in [4.78, 5) is 11.9. The van der Waals surface area contributed by atoms with Crippen LogP contribution in [0.3, 0.4) is 0 Å². The molecule has 0 saturated carbocycles. The topological polar surface area (TPSA) is 64.1 Å². The SMILES string of the molecule is CCOc1ccc(C(=O)NCc2ccc(Cl)cc2)nn1. The summed E-state index contributed by atoms with van der Waals surface area (Å²) < 4.78 is 5.16. The Hall–Kier alpha value is -2.14. The van der Waals surface area contributed by atoms with Gasteiger partial charge in [0.2, 0.25) is 5.88 Å². The molecule has 5 nitrogen and oxygen atoms in total. The van der Waals surface area contributed by atoms with Gasteiger partial charge in [0.25, 0.3) is 5.91 Å². The van der Waals surface area contributed by atoms with E-state index in [0.29, 0.717) is 24.1 Å². The fourth-order valence-electron chi connectivity index (χ4n) is 1.54. The highest BCUT2D eigenvalue weighted by molar-refractivity contribution is 6.30. The maximum absolute atomic E-state index is 11.9. The zero-order valence-electron chi connectivity index (χ0n) is 11.0. The molecule has 0 aliphatic heterocycles. The molecular weight excluding hydrogens is 278 g/mol. The lowest BCUT2D eigenvalue weighted by molar-refractivity contribution is 0.0944. The van der Waals surface area contributed by atoms with Crippen molar-refractivity contribution >= 4 is 17.5 Å². The summed E-state index contributed by atoms with van der Waals surface area (Å²) in [6.07, 6.45) is 0. The summed E-state index contributed by atoms with van der Waals surface area (Å²) in [7, 11) is 0. The first-order valence-electron chi connectivity index (χ1n) is 6.18. The summed E-state index contributed by atoms with van der Waals surface area (Å²) in [5, 5.41) is 11.0. The van der Waals surface area contributed by atoms with Gasteiger partial charge in [-0.15, -0.1) is 10.2 Å². The van der Waals surface area contributed by atoms with Gasteiger partial charge in [0.1, 0.15) is 0 Å². The van der Waals surface area contributed by atoms with E-state index in [1.54, 1.807) is 24.3 Å². The van der Waals surface area contributed by atoms with Crippen LogP contribution in [0.5, 0.6) is 5.88 Å². The van der Waals surface area contributed by atoms with E-state index >= 15 is 0 Å². The number of nitrogens with one attached hydrogen (secondary N) is 1. The van der Waals surface area contributed by atoms with Gasteiger partial charge < -0.3 is 10.1 Å². The van der Waals surface area contributed by atoms with Gasteiger partial charge in [-0.2, -0.15) is 0 Å². The molecule has 20 heavy (non-hydrogen) atoms. The van der Waals surface area contributed by atoms with Gasteiger partial charge in [-0.05, 0) is 30.7 Å². The minimum atomic E-state index is -0.282. The second kappa shape index (κ2) is 6.86. The summed E-state index contributed by atoms with van der Waals surface area (Å²) in [5.74, 6) is 0.122. The lowest BCUT2D eigenvalue weighted by Crippen LogP contribution is -2.24. The van der Waals surface area contributed by atoms with Crippen molar-refractivity contribution < 1.29 is 9.53 Å². The van der Waals surface area contributed by atoms with E-state index in [1.807, 2.05) is 19.1 Å². The normalized spacial score (nSPS) is 10.1. The molecule has 0 spiro atoms. The van der Waals surface area contributed by atoms with Crippen LogP contribution in [0.2, 0.25) is 5.02 Å². The molecule has 1 aromatic heterocycles. The molecule has 0 aliphatic carbocycles. The maximum Gasteiger partial charge on any atom is 0.272 e. The lowest BCUT2D eigenvalue weighted by Gasteiger charge is -2.05. The predicted molar refractivity (Wildman–Crippen MR) is 75.8 cm³/mol. The number of ether oxygens (including phenoxy) is 1. The Morgan fingerprint density at radius 1 is 1.20 bits per heavy atom. The van der Waals surface area contributed by atoms with Crippen molar-refractivity contribution in [2.45, 2.75) is 13.5 Å². The van der Waals surface area contributed by atoms with Crippen LogP contribution in [-0.4, -0.2) is 22.7 Å². The summed E-state index contributed by atoms with van der Waals surface area (Å²) >= 11 is 5.79. The van der Waals surface area contributed by atoms with Gasteiger partial charge in [-0.1, -0.05) is 23.7 Å². The first kappa shape index (κ1) is 14.3. The van der Waals surface area contributed by atoms with Crippen LogP contribution in [0.4, 0.5) is 0 Å². The van der Waals surface area contributed by atoms with Crippen molar-refractivity contribution in [3.63, 3.8) is 0 Å². The van der Waals surface area contributed by atoms with Crippen LogP contribution < -0.4 is 10.1 Å². The third kappa shape index (κ3) is 3.93. The minimum absolute atomic E-state index is 0.252. The number of halogens is 1. The molecule has 1 heterocycles. The van der Waals surface area contributed by atoms with Crippen LogP contribution in [-0.2, 0) is 6.54 Å². The number of hydrogen-bond acceptors (Lipinski definition) is 4. The van der Waals surface area contributed by atoms with Crippen LogP contribution in [0.15, 0.2) is 36.4 Å². The molecule has 0 radical (unpaired) electrons. The molecule has 6 heteroatoms. The first-order chi connectivity index (χ1) is 9.69. The molecule has 1 N–H and O–H groups in total. The van der Waals surface area contributed by atoms with Crippen LogP contribution in [0, 0.1) is 0 Å². The van der Waals surface area contributed by atoms with E-state index in [1.165, 1.54) is 0 Å². The number of nitrogens with zero attached hydrogens (tertiary/aromatic N) is 2. The molecule has 0 atom stereocenters. The number of hydrogen-bond donors (Lipinski definition) is 1. The molecule has 0 saturated heterocycles. The van der Waals surface area contributed by atoms with E-state index < -0.39 is 0 Å². The molecule has 0 bridgehead atoms. The third-order valence-electron chi connectivity index (χ3n) is 2.53. The highest BCUT2D eigenvalue weighted by Crippen LogP contribution is 2.09. The highest BCUT2D eigenvalue weighted by Gasteiger charge is 2.08. The van der Waals surface area contributed by atoms with E-state index in [4.69, 9.17) is 16.3 Å². The number of amides is 1. The monoisotopic (exact) mass is 291 g/mol. The van der Waals surface area contributed by atoms with Gasteiger partial charge in [0.05, 0.1) is 6.61 Å². The Labute approximate surface area is 121 Å². The smallest absolute Gasteiger partial charge is 0.272 e. The Balaban J connectivity index is 1.92. The number of carbonyl (C=O) groups is 1. The van der Waals surface area contributed by atoms with E-state index in [9.17, 15) is 4.79 Å². The molecule has 1 amide bonds. The molecule has 2 rings (SSSR count). The van der Waals surface area contributed by atoms with Crippen LogP contribution in [0.1, 0.15) is 23.0 Å². The van der Waals surface area contributed by atoms with Crippen molar-refractivity contribution in [2.75, 3.05) is 6.61 Å². The molecule has 0 fully saturated rings. The Morgan fingerprint density at radius 3 is 2.55 bits per heavy atom. The third-order valence-corrected chi connectivity index (χ3v) is 2.78. The molecule has 1 aromatic carbocycles. The van der Waals surface area contributed by atoms with Crippen LogP contribution >= 0.6 is 11.6 Å². The van der Waals surface area contributed by atoms with Gasteiger partial charge >= 0.3 is 0 Å². The van der Waals surface area contributed by atoms with Gasteiger partial charge in [-0.3, -0.25) is 4.79 Å². The van der Waals surface area contributed by atoms with E-state index in [0.717, 1.165) is 5.56 Å². The number of rotatable bonds is 5. The summed E-state index contributed by atoms with van der Waals surface area (Å²) in [5.41, 5.74) is 1.21. The number of carbonyl (C=O) groups excluding carboxylic acids is 1. The average molecular weight is 292 g/mol. The van der Waals surface area contributed by atoms with Gasteiger partial charge in [-0.25, -0.2) is 0 Å². The van der Waals surface area contributed by atoms with Crippen molar-refractivity contribution in [2.24, 2.45) is 0 Å². The highest BCUT2D eigenvalue weighted by atomic mass is 35.5. The Morgan fingerprint density at radius 2 is 1.95 bits per heavy atom. The quantitative estimate of drug-likeness (QED) is 0.919. The van der Waals surface area contributed by atoms with Crippen molar-refractivity contribution in [1.82, 2.24) is 15.5 Å². The Kier molecular flexibility index (Phi) is 4.90. The second-order valence-electron chi connectivity index (χ2n) is 4.00. The zero-order chi connectivity index (χ0) is 14.4. The lowest BCUT2D eigenvalue weighted by atomic mass is 10.2. The minimum Gasteiger partial charge on any atom is -0.477 e. The van der Waals surface area contributed by atoms with Crippen molar-refractivity contribution in [3.8, 4) is 5.88 Å². The number of benzene rings is 1. The zero-order valence-corrected chi connectivity index (χ0v) is 11.7. The molecule has 0 aliphatic rings. The second-order valence-corrected chi connectivity index (χ2v) is 4.44. The molecular formula is C14H14ClN3O2. The van der Waals surface area contributed by atoms with Crippen molar-refractivity contribution in [1.29, 1.82) is 0 Å². The molecule has 104 valence electrons. The van der Waals surface area contributed by atoms with E-state index in [-0.39, 0.29) is 11.6 Å². The predicted octanol–water partition coefficient (Wildman–Crippen LogP) is 2.46. The fraction of sp³-hybridized carbons (Fsp3) is 0.214. The summed E-state index contributed by atoms with van der Waals surface area (Å²) in [6, 6.07) is 10.5. The standard InChI is InChI=1S/C14H14ClN3O2/c1-2-20-13-8-7-12(17-18-13)14(19)16-9-10-3-5-11(15)6-4-10/h3-8H,2,9H2,1H3,(H,16,19). The van der Waals surface area contributed by atoms with E-state index in [2.05, 4.69) is 15.5 Å². The average Bonchev–Trinajstić information content (AvgIpc) is 2.47. The number of aromatic nitrogens is 2. The largest absolute Gasteiger partial charge is 0.477 e. The molecule has 2 aromatic rings. The van der Waals surface area contributed by atoms with Gasteiger partial charge in [0, 0.05) is 17.6 Å². The van der Waals surface area contributed by atoms with Crippen molar-refractivity contribution in [3.05, 3.63) is 52.7 Å². The Bertz CT molecular complexity index is 570. The maximum atomic E-state index is 11.9. The first-order valence-corrected chi connectivity index (χ1v) is 6.56. The fourth-order valence-corrected chi connectivity index (χ4v) is 1.67. The molecule has 0 unspecified atom stereocenters. The van der Waals surface area contributed by atoms with Gasteiger partial charge in [0.15, 0.2) is 5.69 Å². The summed E-state index contributed by atoms with van der Waals surface area (Å²) in [6.45, 7) is 2.77. The van der Waals surface area contributed by atoms with Crippen LogP contribution in [0.25, 0.3) is 0 Å².